The van der Waals surface area contributed by atoms with Gasteiger partial charge in [-0.1, -0.05) is 11.8 Å². The molecular weight excluding hydrogens is 136 g/mol. The molecule has 1 aliphatic rings. The highest BCUT2D eigenvalue weighted by Crippen LogP contribution is 2.26. The zero-order valence-corrected chi connectivity index (χ0v) is 5.36. The van der Waals surface area contributed by atoms with Gasteiger partial charge in [-0.2, -0.15) is 5.10 Å². The number of aromatic nitrogens is 2. The zero-order valence-electron chi connectivity index (χ0n) is 4.55. The molecule has 0 saturated heterocycles. The molecule has 0 saturated carbocycles. The molecule has 0 aromatic carbocycles. The number of aromatic amines is 1. The van der Waals surface area contributed by atoms with Gasteiger partial charge in [0.25, 0.3) is 0 Å². The monoisotopic (exact) mass is 140 g/mol. The minimum Gasteiger partial charge on any atom is -0.280 e. The van der Waals surface area contributed by atoms with E-state index >= 15 is 0 Å². The van der Waals surface area contributed by atoms with Crippen molar-refractivity contribution in [2.24, 2.45) is 0 Å². The summed E-state index contributed by atoms with van der Waals surface area (Å²) in [6, 6.07) is 0. The molecule has 0 bridgehead atoms. The minimum atomic E-state index is 0.113. The van der Waals surface area contributed by atoms with Crippen LogP contribution in [0, 0.1) is 0 Å². The molecule has 0 atom stereocenters. The lowest BCUT2D eigenvalue weighted by molar-refractivity contribution is 0.108. The normalized spacial score (nSPS) is 16.2. The van der Waals surface area contributed by atoms with Crippen LogP contribution in [0.3, 0.4) is 0 Å². The second-order valence-corrected chi connectivity index (χ2v) is 2.79. The lowest BCUT2D eigenvalue weighted by Crippen LogP contribution is -1.86. The van der Waals surface area contributed by atoms with Crippen LogP contribution in [-0.2, 0) is 5.75 Å². The Balaban J connectivity index is 2.61. The highest BCUT2D eigenvalue weighted by Gasteiger charge is 2.21. The molecule has 1 N–H and O–H groups in total. The minimum absolute atomic E-state index is 0.113. The lowest BCUT2D eigenvalue weighted by atomic mass is 10.3. The molecule has 9 heavy (non-hydrogen) atoms. The average Bonchev–Trinajstić information content (AvgIpc) is 2.35. The fourth-order valence-corrected chi connectivity index (χ4v) is 1.64. The number of H-pyrrole nitrogens is 1. The Bertz CT molecular complexity index is 255. The number of fused-ring (bicyclic) bond motifs is 1. The van der Waals surface area contributed by atoms with E-state index in [1.54, 1.807) is 6.20 Å². The van der Waals surface area contributed by atoms with Gasteiger partial charge in [0.15, 0.2) is 0 Å². The van der Waals surface area contributed by atoms with E-state index in [-0.39, 0.29) is 5.12 Å². The van der Waals surface area contributed by atoms with Crippen molar-refractivity contribution in [2.45, 2.75) is 5.75 Å². The Labute approximate surface area is 55.8 Å². The van der Waals surface area contributed by atoms with E-state index in [2.05, 4.69) is 10.2 Å². The lowest BCUT2D eigenvalue weighted by Gasteiger charge is -1.78. The van der Waals surface area contributed by atoms with Crippen LogP contribution in [0.5, 0.6) is 0 Å². The highest BCUT2D eigenvalue weighted by atomic mass is 32.2. The second-order valence-electron chi connectivity index (χ2n) is 1.85. The molecule has 0 fully saturated rings. The van der Waals surface area contributed by atoms with Gasteiger partial charge in [-0.3, -0.25) is 9.89 Å². The summed E-state index contributed by atoms with van der Waals surface area (Å²) in [5.74, 6) is 0.782. The first-order valence-electron chi connectivity index (χ1n) is 2.57. The first kappa shape index (κ1) is 5.05. The first-order valence-corrected chi connectivity index (χ1v) is 3.56. The third-order valence-electron chi connectivity index (χ3n) is 1.28. The standard InChI is InChI=1S/C5H4N2OS/c8-5-4-3(2-9-5)1-6-7-4/h1H,2H2,(H,6,7). The number of nitrogens with zero attached hydrogens (tertiary/aromatic N) is 1. The van der Waals surface area contributed by atoms with Gasteiger partial charge < -0.3 is 0 Å². The number of hydrogen-bond donors (Lipinski definition) is 1. The van der Waals surface area contributed by atoms with Crippen LogP contribution in [0.2, 0.25) is 0 Å². The molecule has 3 nitrogen and oxygen atoms in total. The van der Waals surface area contributed by atoms with Gasteiger partial charge in [-0.15, -0.1) is 0 Å². The largest absolute Gasteiger partial charge is 0.280 e. The Morgan fingerprint density at radius 3 is 3.44 bits per heavy atom. The molecule has 46 valence electrons. The third kappa shape index (κ3) is 0.595. The molecule has 1 aromatic heterocycles. The Kier molecular flexibility index (Phi) is 0.900. The quantitative estimate of drug-likeness (QED) is 0.579. The Morgan fingerprint density at radius 2 is 2.67 bits per heavy atom. The molecule has 4 heteroatoms. The molecule has 0 radical (unpaired) electrons. The van der Waals surface area contributed by atoms with Crippen molar-refractivity contribution in [3.63, 3.8) is 0 Å². The van der Waals surface area contributed by atoms with Crippen molar-refractivity contribution in [2.75, 3.05) is 0 Å². The van der Waals surface area contributed by atoms with Crippen molar-refractivity contribution in [3.8, 4) is 0 Å². The van der Waals surface area contributed by atoms with Crippen molar-refractivity contribution >= 4 is 16.9 Å². The van der Waals surface area contributed by atoms with Crippen molar-refractivity contribution in [1.82, 2.24) is 10.2 Å². The van der Waals surface area contributed by atoms with Crippen molar-refractivity contribution in [3.05, 3.63) is 17.5 Å². The van der Waals surface area contributed by atoms with E-state index in [0.717, 1.165) is 11.3 Å². The topological polar surface area (TPSA) is 45.8 Å². The molecule has 2 rings (SSSR count). The Morgan fingerprint density at radius 1 is 1.78 bits per heavy atom. The average molecular weight is 140 g/mol. The molecule has 2 heterocycles. The van der Waals surface area contributed by atoms with Crippen molar-refractivity contribution < 1.29 is 4.79 Å². The summed E-state index contributed by atoms with van der Waals surface area (Å²) in [6.07, 6.45) is 1.70. The summed E-state index contributed by atoms with van der Waals surface area (Å²) < 4.78 is 0. The van der Waals surface area contributed by atoms with Gasteiger partial charge in [-0.25, -0.2) is 0 Å². The molecule has 0 unspecified atom stereocenters. The number of thioether (sulfide) groups is 1. The van der Waals surface area contributed by atoms with E-state index in [4.69, 9.17) is 0 Å². The maximum Gasteiger partial charge on any atom is 0.237 e. The number of nitrogens with one attached hydrogen (secondary N) is 1. The summed E-state index contributed by atoms with van der Waals surface area (Å²) in [6.45, 7) is 0. The fourth-order valence-electron chi connectivity index (χ4n) is 0.813. The van der Waals surface area contributed by atoms with Crippen LogP contribution in [0.1, 0.15) is 16.1 Å². The van der Waals surface area contributed by atoms with Gasteiger partial charge in [0.2, 0.25) is 5.12 Å². The van der Waals surface area contributed by atoms with Gasteiger partial charge >= 0.3 is 0 Å². The van der Waals surface area contributed by atoms with Gasteiger partial charge in [0.05, 0.1) is 6.20 Å². The molecule has 0 aliphatic carbocycles. The summed E-state index contributed by atoms with van der Waals surface area (Å²) >= 11 is 1.32. The van der Waals surface area contributed by atoms with Crippen LogP contribution < -0.4 is 0 Å². The molecule has 1 aliphatic heterocycles. The molecule has 1 aromatic rings. The molecule has 0 spiro atoms. The maximum absolute atomic E-state index is 10.8. The smallest absolute Gasteiger partial charge is 0.237 e. The van der Waals surface area contributed by atoms with Gasteiger partial charge in [0.1, 0.15) is 5.69 Å². The summed E-state index contributed by atoms with van der Waals surface area (Å²) in [4.78, 5) is 10.8. The van der Waals surface area contributed by atoms with E-state index in [0.29, 0.717) is 5.69 Å². The van der Waals surface area contributed by atoms with Crippen LogP contribution >= 0.6 is 11.8 Å². The fraction of sp³-hybridized carbons (Fsp3) is 0.200. The first-order chi connectivity index (χ1) is 4.38. The predicted molar refractivity (Wildman–Crippen MR) is 34.2 cm³/mol. The van der Waals surface area contributed by atoms with Gasteiger partial charge in [0, 0.05) is 11.3 Å². The number of carbonyl (C=O) groups excluding carboxylic acids is 1. The number of carbonyl (C=O) groups is 1. The second kappa shape index (κ2) is 1.60. The zero-order chi connectivity index (χ0) is 6.27. The van der Waals surface area contributed by atoms with E-state index in [1.807, 2.05) is 0 Å². The molecular formula is C5H4N2OS. The highest BCUT2D eigenvalue weighted by molar-refractivity contribution is 8.13. The summed E-state index contributed by atoms with van der Waals surface area (Å²) in [7, 11) is 0. The Hall–Kier alpha value is -0.770. The number of hydrogen-bond acceptors (Lipinski definition) is 3. The van der Waals surface area contributed by atoms with E-state index in [9.17, 15) is 4.79 Å². The van der Waals surface area contributed by atoms with Crippen molar-refractivity contribution in [1.29, 1.82) is 0 Å². The maximum atomic E-state index is 10.8. The SMILES string of the molecule is O=C1SCc2cn[nH]c21. The van der Waals surface area contributed by atoms with E-state index < -0.39 is 0 Å². The summed E-state index contributed by atoms with van der Waals surface area (Å²) in [5, 5.41) is 6.50. The van der Waals surface area contributed by atoms with Gasteiger partial charge in [-0.05, 0) is 0 Å². The third-order valence-corrected chi connectivity index (χ3v) is 2.20. The van der Waals surface area contributed by atoms with Crippen LogP contribution in [0.25, 0.3) is 0 Å². The van der Waals surface area contributed by atoms with Crippen LogP contribution in [0.15, 0.2) is 6.20 Å². The number of rotatable bonds is 0. The summed E-state index contributed by atoms with van der Waals surface area (Å²) in [5.41, 5.74) is 1.71. The van der Waals surface area contributed by atoms with E-state index in [1.165, 1.54) is 11.8 Å². The van der Waals surface area contributed by atoms with Crippen LogP contribution in [0.4, 0.5) is 0 Å². The molecule has 0 amide bonds. The predicted octanol–water partition coefficient (Wildman–Crippen LogP) is 0.797. The van der Waals surface area contributed by atoms with Crippen LogP contribution in [-0.4, -0.2) is 15.3 Å².